The molecule has 30 heavy (non-hydrogen) atoms. The Kier molecular flexibility index (Phi) is 6.76. The summed E-state index contributed by atoms with van der Waals surface area (Å²) in [5.41, 5.74) is 1.07. The van der Waals surface area contributed by atoms with E-state index in [1.807, 2.05) is 24.3 Å². The van der Waals surface area contributed by atoms with Gasteiger partial charge in [-0.1, -0.05) is 32.0 Å². The average Bonchev–Trinajstić information content (AvgIpc) is 3.38. The smallest absolute Gasteiger partial charge is 0.311 e. The number of para-hydroxylation sites is 1. The van der Waals surface area contributed by atoms with Crippen molar-refractivity contribution in [1.29, 1.82) is 5.26 Å². The highest BCUT2D eigenvalue weighted by atomic mass is 16.5. The average molecular weight is 412 g/mol. The summed E-state index contributed by atoms with van der Waals surface area (Å²) in [6, 6.07) is 9.94. The van der Waals surface area contributed by atoms with Crippen LogP contribution in [0.1, 0.15) is 63.9 Å². The quantitative estimate of drug-likeness (QED) is 0.695. The minimum absolute atomic E-state index is 0.0669. The number of nitriles is 1. The molecule has 2 atom stereocenters. The first kappa shape index (κ1) is 21.8. The third-order valence-corrected chi connectivity index (χ3v) is 6.22. The molecule has 1 saturated carbocycles. The molecule has 2 fully saturated rings. The molecule has 2 aliphatic rings. The number of rotatable bonds is 7. The molecular formula is C23H29N3O4. The van der Waals surface area contributed by atoms with E-state index in [2.05, 4.69) is 25.2 Å². The highest BCUT2D eigenvalue weighted by molar-refractivity contribution is 6.00. The molecule has 0 unspecified atom stereocenters. The van der Waals surface area contributed by atoms with Crippen LogP contribution in [0.2, 0.25) is 0 Å². The zero-order chi connectivity index (χ0) is 21.7. The van der Waals surface area contributed by atoms with Crippen molar-refractivity contribution in [3.05, 3.63) is 29.8 Å². The van der Waals surface area contributed by atoms with E-state index in [1.165, 1.54) is 0 Å². The first-order valence-corrected chi connectivity index (χ1v) is 10.7. The number of nitrogens with one attached hydrogen (secondary N) is 1. The Hall–Kier alpha value is -2.88. The van der Waals surface area contributed by atoms with E-state index in [9.17, 15) is 19.6 Å². The molecule has 1 N–H and O–H groups in total. The monoisotopic (exact) mass is 411 g/mol. The molecule has 0 radical (unpaired) electrons. The standard InChI is InChI=1S/C23H29N3O4/c1-3-16(2)18-8-4-5-9-19(18)26-13-17(12-21(26)28)22(29)30-14-20(27)25-23(15-24)10-6-7-11-23/h4-5,8-9,16-17H,3,6-7,10-14H2,1-2H3,(H,25,27)/t16-,17+/m0/s1. The summed E-state index contributed by atoms with van der Waals surface area (Å²) in [5.74, 6) is -1.46. The minimum Gasteiger partial charge on any atom is -0.455 e. The van der Waals surface area contributed by atoms with E-state index in [4.69, 9.17) is 4.74 Å². The normalized spacial score (nSPS) is 21.2. The lowest BCUT2D eigenvalue weighted by Gasteiger charge is -2.23. The molecule has 7 heteroatoms. The van der Waals surface area contributed by atoms with Crippen molar-refractivity contribution in [2.75, 3.05) is 18.1 Å². The molecule has 3 rings (SSSR count). The Balaban J connectivity index is 1.58. The van der Waals surface area contributed by atoms with E-state index in [1.54, 1.807) is 4.90 Å². The molecule has 2 amide bonds. The Morgan fingerprint density at radius 2 is 2.03 bits per heavy atom. The fourth-order valence-corrected chi connectivity index (χ4v) is 4.27. The number of carbonyl (C=O) groups is 3. The SMILES string of the molecule is CC[C@H](C)c1ccccc1N1C[C@H](C(=O)OCC(=O)NC2(C#N)CCCC2)CC1=O. The number of amides is 2. The summed E-state index contributed by atoms with van der Waals surface area (Å²) in [5, 5.41) is 12.0. The second-order valence-corrected chi connectivity index (χ2v) is 8.33. The zero-order valence-electron chi connectivity index (χ0n) is 17.6. The van der Waals surface area contributed by atoms with Crippen molar-refractivity contribution in [3.63, 3.8) is 0 Å². The summed E-state index contributed by atoms with van der Waals surface area (Å²) in [4.78, 5) is 38.9. The van der Waals surface area contributed by atoms with Crippen LogP contribution in [-0.2, 0) is 19.1 Å². The lowest BCUT2D eigenvalue weighted by atomic mass is 9.96. The predicted octanol–water partition coefficient (Wildman–Crippen LogP) is 3.05. The van der Waals surface area contributed by atoms with Crippen molar-refractivity contribution in [3.8, 4) is 6.07 Å². The van der Waals surface area contributed by atoms with Gasteiger partial charge in [0.1, 0.15) is 5.54 Å². The Bertz CT molecular complexity index is 854. The van der Waals surface area contributed by atoms with Crippen molar-refractivity contribution < 1.29 is 19.1 Å². The van der Waals surface area contributed by atoms with Crippen molar-refractivity contribution in [1.82, 2.24) is 5.32 Å². The molecule has 160 valence electrons. The van der Waals surface area contributed by atoms with Crippen LogP contribution >= 0.6 is 0 Å². The highest BCUT2D eigenvalue weighted by Crippen LogP contribution is 2.34. The Morgan fingerprint density at radius 1 is 1.33 bits per heavy atom. The van der Waals surface area contributed by atoms with Gasteiger partial charge in [-0.15, -0.1) is 0 Å². The van der Waals surface area contributed by atoms with E-state index in [0.717, 1.165) is 30.5 Å². The largest absolute Gasteiger partial charge is 0.455 e. The van der Waals surface area contributed by atoms with Crippen LogP contribution < -0.4 is 10.2 Å². The fraction of sp³-hybridized carbons (Fsp3) is 0.565. The first-order valence-electron chi connectivity index (χ1n) is 10.7. The van der Waals surface area contributed by atoms with E-state index in [0.29, 0.717) is 18.8 Å². The summed E-state index contributed by atoms with van der Waals surface area (Å²) < 4.78 is 5.18. The maximum atomic E-state index is 12.6. The van der Waals surface area contributed by atoms with Gasteiger partial charge >= 0.3 is 5.97 Å². The minimum atomic E-state index is -0.844. The van der Waals surface area contributed by atoms with Gasteiger partial charge in [0.25, 0.3) is 5.91 Å². The number of anilines is 1. The van der Waals surface area contributed by atoms with Gasteiger partial charge in [-0.3, -0.25) is 14.4 Å². The molecular weight excluding hydrogens is 382 g/mol. The molecule has 7 nitrogen and oxygen atoms in total. The number of hydrogen-bond donors (Lipinski definition) is 1. The Morgan fingerprint density at radius 3 is 2.70 bits per heavy atom. The summed E-state index contributed by atoms with van der Waals surface area (Å²) >= 11 is 0. The molecule has 1 aromatic rings. The third-order valence-electron chi connectivity index (χ3n) is 6.22. The number of carbonyl (C=O) groups excluding carboxylic acids is 3. The van der Waals surface area contributed by atoms with Gasteiger partial charge in [0, 0.05) is 18.7 Å². The summed E-state index contributed by atoms with van der Waals surface area (Å²) in [6.07, 6.45) is 4.04. The van der Waals surface area contributed by atoms with Crippen LogP contribution in [0.4, 0.5) is 5.69 Å². The number of benzene rings is 1. The van der Waals surface area contributed by atoms with E-state index >= 15 is 0 Å². The van der Waals surface area contributed by atoms with Crippen LogP contribution in [0.5, 0.6) is 0 Å². The number of esters is 1. The maximum absolute atomic E-state index is 12.6. The lowest BCUT2D eigenvalue weighted by Crippen LogP contribution is -2.47. The van der Waals surface area contributed by atoms with Crippen LogP contribution in [0.3, 0.4) is 0 Å². The molecule has 1 aromatic carbocycles. The molecule has 1 aliphatic heterocycles. The first-order chi connectivity index (χ1) is 14.4. The number of ether oxygens (including phenoxy) is 1. The zero-order valence-corrected chi connectivity index (χ0v) is 17.6. The molecule has 0 bridgehead atoms. The number of hydrogen-bond acceptors (Lipinski definition) is 5. The van der Waals surface area contributed by atoms with Gasteiger partial charge in [-0.2, -0.15) is 5.26 Å². The fourth-order valence-electron chi connectivity index (χ4n) is 4.27. The molecule has 1 aliphatic carbocycles. The molecule has 0 spiro atoms. The van der Waals surface area contributed by atoms with Crippen LogP contribution in [0, 0.1) is 17.2 Å². The molecule has 0 aromatic heterocycles. The summed E-state index contributed by atoms with van der Waals surface area (Å²) in [6.45, 7) is 4.02. The second-order valence-electron chi connectivity index (χ2n) is 8.33. The van der Waals surface area contributed by atoms with Crippen LogP contribution in [-0.4, -0.2) is 36.5 Å². The van der Waals surface area contributed by atoms with Gasteiger partial charge in [-0.05, 0) is 49.7 Å². The third kappa shape index (κ3) is 4.64. The van der Waals surface area contributed by atoms with Gasteiger partial charge in [0.05, 0.1) is 12.0 Å². The van der Waals surface area contributed by atoms with Crippen LogP contribution in [0.25, 0.3) is 0 Å². The van der Waals surface area contributed by atoms with Crippen molar-refractivity contribution >= 4 is 23.5 Å². The summed E-state index contributed by atoms with van der Waals surface area (Å²) in [7, 11) is 0. The predicted molar refractivity (Wildman–Crippen MR) is 112 cm³/mol. The topological polar surface area (TPSA) is 99.5 Å². The van der Waals surface area contributed by atoms with E-state index in [-0.39, 0.29) is 18.9 Å². The Labute approximate surface area is 177 Å². The number of nitrogens with zero attached hydrogens (tertiary/aromatic N) is 2. The van der Waals surface area contributed by atoms with Crippen molar-refractivity contribution in [2.24, 2.45) is 5.92 Å². The van der Waals surface area contributed by atoms with E-state index < -0.39 is 29.9 Å². The van der Waals surface area contributed by atoms with Gasteiger partial charge < -0.3 is 15.0 Å². The van der Waals surface area contributed by atoms with Crippen LogP contribution in [0.15, 0.2) is 24.3 Å². The second kappa shape index (κ2) is 9.29. The molecule has 1 heterocycles. The van der Waals surface area contributed by atoms with Gasteiger partial charge in [0.15, 0.2) is 6.61 Å². The maximum Gasteiger partial charge on any atom is 0.311 e. The lowest BCUT2D eigenvalue weighted by molar-refractivity contribution is -0.152. The highest BCUT2D eigenvalue weighted by Gasteiger charge is 2.38. The van der Waals surface area contributed by atoms with Gasteiger partial charge in [0.2, 0.25) is 5.91 Å². The van der Waals surface area contributed by atoms with Crippen molar-refractivity contribution in [2.45, 2.75) is 63.8 Å². The van der Waals surface area contributed by atoms with Gasteiger partial charge in [-0.25, -0.2) is 0 Å². The molecule has 1 saturated heterocycles.